The average Bonchev–Trinajstić information content (AvgIpc) is 3.54. The normalized spacial score (nSPS) is 14.5. The minimum Gasteiger partial charge on any atom is -0.497 e. The number of ether oxygens (including phenoxy) is 1. The third kappa shape index (κ3) is 11.2. The first-order valence-electron chi connectivity index (χ1n) is 15.7. The minimum atomic E-state index is -0.637. The second-order valence-electron chi connectivity index (χ2n) is 11.1. The van der Waals surface area contributed by atoms with Gasteiger partial charge < -0.3 is 25.2 Å². The topological polar surface area (TPSA) is 91.0 Å². The van der Waals surface area contributed by atoms with Gasteiger partial charge in [-0.1, -0.05) is 66.7 Å². The number of likely N-dealkylation sites (tertiary alicyclic amines) is 1. The summed E-state index contributed by atoms with van der Waals surface area (Å²) in [7, 11) is 3.31. The van der Waals surface area contributed by atoms with Gasteiger partial charge in [0.25, 0.3) is 5.91 Å². The van der Waals surface area contributed by atoms with Gasteiger partial charge in [-0.05, 0) is 81.5 Å². The number of hydrogen-bond donors (Lipinski definition) is 2. The summed E-state index contributed by atoms with van der Waals surface area (Å²) in [5.41, 5.74) is 2.85. The molecule has 244 valence electrons. The molecule has 2 N–H and O–H groups in total. The largest absolute Gasteiger partial charge is 0.497 e. The van der Waals surface area contributed by atoms with Crippen molar-refractivity contribution in [1.82, 2.24) is 20.4 Å². The van der Waals surface area contributed by atoms with Gasteiger partial charge in [-0.3, -0.25) is 14.4 Å². The molecule has 4 rings (SSSR count). The zero-order valence-corrected chi connectivity index (χ0v) is 26.9. The Morgan fingerprint density at radius 1 is 1.00 bits per heavy atom. The fourth-order valence-corrected chi connectivity index (χ4v) is 5.49. The van der Waals surface area contributed by atoms with Crippen LogP contribution in [0.5, 0.6) is 5.75 Å². The van der Waals surface area contributed by atoms with E-state index in [9.17, 15) is 14.4 Å². The van der Waals surface area contributed by atoms with Crippen LogP contribution in [0.15, 0.2) is 97.6 Å². The van der Waals surface area contributed by atoms with E-state index in [4.69, 9.17) is 4.74 Å². The number of nitrogens with zero attached hydrogens (tertiary/aromatic N) is 2. The number of rotatable bonds is 14. The number of hydrogen-bond acceptors (Lipinski definition) is 5. The molecule has 3 amide bonds. The van der Waals surface area contributed by atoms with E-state index >= 15 is 0 Å². The molecular weight excluding hydrogens is 564 g/mol. The fraction of sp³-hybridized carbons (Fsp3) is 0.378. The lowest BCUT2D eigenvalue weighted by molar-refractivity contribution is -0.137. The molecule has 3 aromatic rings. The van der Waals surface area contributed by atoms with Crippen LogP contribution in [0.3, 0.4) is 0 Å². The summed E-state index contributed by atoms with van der Waals surface area (Å²) in [6.45, 7) is 6.96. The van der Waals surface area contributed by atoms with E-state index in [2.05, 4.69) is 29.3 Å². The number of methoxy groups -OCH3 is 1. The lowest BCUT2D eigenvalue weighted by Crippen LogP contribution is -2.53. The minimum absolute atomic E-state index is 0. The summed E-state index contributed by atoms with van der Waals surface area (Å²) < 4.78 is 5.27. The van der Waals surface area contributed by atoms with Crippen LogP contribution in [-0.2, 0) is 22.4 Å². The molecule has 3 aromatic carbocycles. The fourth-order valence-electron chi connectivity index (χ4n) is 5.49. The summed E-state index contributed by atoms with van der Waals surface area (Å²) in [6, 6.07) is 26.5. The summed E-state index contributed by atoms with van der Waals surface area (Å²) in [4.78, 5) is 44.0. The van der Waals surface area contributed by atoms with Gasteiger partial charge in [0.15, 0.2) is 0 Å². The van der Waals surface area contributed by atoms with E-state index in [1.54, 1.807) is 44.5 Å². The zero-order valence-electron chi connectivity index (χ0n) is 26.9. The van der Waals surface area contributed by atoms with Crippen LogP contribution in [-0.4, -0.2) is 79.9 Å². The summed E-state index contributed by atoms with van der Waals surface area (Å²) in [5.74, 6) is 0.323. The number of likely N-dealkylation sites (N-methyl/N-ethyl adjacent to an activating group) is 1. The molecule has 1 heterocycles. The molecule has 8 heteroatoms. The van der Waals surface area contributed by atoms with E-state index in [1.807, 2.05) is 65.3 Å². The van der Waals surface area contributed by atoms with Crippen molar-refractivity contribution in [1.29, 1.82) is 0 Å². The van der Waals surface area contributed by atoms with Crippen molar-refractivity contribution < 1.29 is 22.0 Å². The van der Waals surface area contributed by atoms with Crippen molar-refractivity contribution in [2.45, 2.75) is 51.1 Å². The van der Waals surface area contributed by atoms with E-state index in [0.29, 0.717) is 50.2 Å². The van der Waals surface area contributed by atoms with Crippen molar-refractivity contribution >= 4 is 17.7 Å². The van der Waals surface area contributed by atoms with E-state index in [0.717, 1.165) is 24.0 Å². The van der Waals surface area contributed by atoms with Crippen LogP contribution in [0, 0.1) is 0 Å². The van der Waals surface area contributed by atoms with Gasteiger partial charge >= 0.3 is 0 Å². The maximum Gasteiger partial charge on any atom is 0.253 e. The zero-order chi connectivity index (χ0) is 32.4. The first-order chi connectivity index (χ1) is 21.9. The third-order valence-electron chi connectivity index (χ3n) is 7.76. The number of nitrogens with one attached hydrogen (secondary N) is 2. The standard InChI is InChI=1S/C34H42N4O4.C3H6.2H2/c1-35-24-32(39)36-31(20-15-26-10-5-3-6-11-26)34(41)38-22-9-14-29(38)25-37(23-21-27-12-7-4-8-13-27)33(40)28-16-18-30(42-2)19-17-28;1-3-2;;/h3-8,10-13,16-19,29,31,35H,9,14-15,20-25H2,1-2H3,(H,36,39);3H,1H2,2H3;2*1H/t29-,31-;;;/m0.../s1. The SMILES string of the molecule is C=CC.CNCC(=O)N[C@@H](CCc1ccccc1)C(=O)N1CCC[C@H]1CN(CCc1ccccc1)C(=O)c1ccc(OC)cc1.[HH].[HH]. The highest BCUT2D eigenvalue weighted by molar-refractivity contribution is 5.94. The van der Waals surface area contributed by atoms with Crippen LogP contribution in [0.1, 0.15) is 50.5 Å². The number of carbonyl (C=O) groups excluding carboxylic acids is 3. The summed E-state index contributed by atoms with van der Waals surface area (Å²) >= 11 is 0. The molecule has 1 aliphatic heterocycles. The highest BCUT2D eigenvalue weighted by Crippen LogP contribution is 2.22. The molecule has 0 saturated carbocycles. The van der Waals surface area contributed by atoms with E-state index in [-0.39, 0.29) is 33.2 Å². The van der Waals surface area contributed by atoms with Crippen molar-refractivity contribution in [3.63, 3.8) is 0 Å². The van der Waals surface area contributed by atoms with Gasteiger partial charge in [-0.15, -0.1) is 6.58 Å². The molecule has 1 fully saturated rings. The summed E-state index contributed by atoms with van der Waals surface area (Å²) in [6.07, 6.45) is 5.30. The molecule has 0 unspecified atom stereocenters. The molecule has 8 nitrogen and oxygen atoms in total. The molecule has 45 heavy (non-hydrogen) atoms. The van der Waals surface area contributed by atoms with Gasteiger partial charge in [0.2, 0.25) is 11.8 Å². The second kappa shape index (κ2) is 19.1. The Bertz CT molecular complexity index is 1340. The molecule has 1 saturated heterocycles. The van der Waals surface area contributed by atoms with Gasteiger partial charge in [-0.2, -0.15) is 0 Å². The van der Waals surface area contributed by atoms with Gasteiger partial charge in [0.05, 0.1) is 13.7 Å². The number of allylic oxidation sites excluding steroid dienone is 1. The molecular formula is C37H52N4O4. The van der Waals surface area contributed by atoms with E-state index in [1.165, 1.54) is 0 Å². The average molecular weight is 617 g/mol. The number of aryl methyl sites for hydroxylation is 1. The Kier molecular flexibility index (Phi) is 14.8. The Morgan fingerprint density at radius 2 is 1.60 bits per heavy atom. The third-order valence-corrected chi connectivity index (χ3v) is 7.76. The smallest absolute Gasteiger partial charge is 0.253 e. The van der Waals surface area contributed by atoms with Crippen LogP contribution in [0.25, 0.3) is 0 Å². The predicted molar refractivity (Wildman–Crippen MR) is 184 cm³/mol. The van der Waals surface area contributed by atoms with Crippen molar-refractivity contribution in [2.24, 2.45) is 0 Å². The van der Waals surface area contributed by atoms with Crippen LogP contribution in [0.4, 0.5) is 0 Å². The summed E-state index contributed by atoms with van der Waals surface area (Å²) in [5, 5.41) is 5.82. The van der Waals surface area contributed by atoms with Gasteiger partial charge in [-0.25, -0.2) is 0 Å². The monoisotopic (exact) mass is 616 g/mol. The first-order valence-corrected chi connectivity index (χ1v) is 15.7. The van der Waals surface area contributed by atoms with Crippen molar-refractivity contribution in [3.8, 4) is 5.75 Å². The highest BCUT2D eigenvalue weighted by atomic mass is 16.5. The lowest BCUT2D eigenvalue weighted by atomic mass is 10.0. The quantitative estimate of drug-likeness (QED) is 0.237. The Balaban J connectivity index is 0.00000213. The highest BCUT2D eigenvalue weighted by Gasteiger charge is 2.35. The molecule has 0 radical (unpaired) electrons. The van der Waals surface area contributed by atoms with Crippen LogP contribution >= 0.6 is 0 Å². The number of benzene rings is 3. The Morgan fingerprint density at radius 3 is 2.18 bits per heavy atom. The van der Waals surface area contributed by atoms with Crippen molar-refractivity contribution in [3.05, 3.63) is 114 Å². The maximum atomic E-state index is 14.0. The molecule has 0 bridgehead atoms. The van der Waals surface area contributed by atoms with E-state index < -0.39 is 6.04 Å². The van der Waals surface area contributed by atoms with Crippen molar-refractivity contribution in [2.75, 3.05) is 40.3 Å². The Labute approximate surface area is 271 Å². The molecule has 1 aliphatic rings. The van der Waals surface area contributed by atoms with Gasteiger partial charge in [0.1, 0.15) is 11.8 Å². The van der Waals surface area contributed by atoms with Crippen LogP contribution < -0.4 is 15.4 Å². The van der Waals surface area contributed by atoms with Crippen LogP contribution in [0.2, 0.25) is 0 Å². The molecule has 2 atom stereocenters. The molecule has 0 aliphatic carbocycles. The molecule has 0 aromatic heterocycles. The van der Waals surface area contributed by atoms with Gasteiger partial charge in [0, 0.05) is 34.1 Å². The number of amides is 3. The predicted octanol–water partition coefficient (Wildman–Crippen LogP) is 5.39. The second-order valence-corrected chi connectivity index (χ2v) is 11.1. The Hall–Kier alpha value is -4.43. The number of carbonyl (C=O) groups is 3. The maximum absolute atomic E-state index is 14.0. The lowest BCUT2D eigenvalue weighted by Gasteiger charge is -2.33. The first kappa shape index (κ1) is 35.1. The molecule has 0 spiro atoms.